The Morgan fingerprint density at radius 2 is 1.73 bits per heavy atom. The van der Waals surface area contributed by atoms with Gasteiger partial charge in [-0.2, -0.15) is 0 Å². The van der Waals surface area contributed by atoms with Gasteiger partial charge in [-0.15, -0.1) is 0 Å². The third-order valence-electron chi connectivity index (χ3n) is 3.71. The van der Waals surface area contributed by atoms with Crippen LogP contribution < -0.4 is 0 Å². The minimum Gasteiger partial charge on any atom is -0.0768 e. The maximum Gasteiger partial charge on any atom is -0.0141 e. The van der Waals surface area contributed by atoms with E-state index in [0.29, 0.717) is 17.3 Å². The van der Waals surface area contributed by atoms with Gasteiger partial charge in [0.05, 0.1) is 0 Å². The molecule has 1 rings (SSSR count). The summed E-state index contributed by atoms with van der Waals surface area (Å²) in [5, 5.41) is 0. The molecule has 15 heavy (non-hydrogen) atoms. The highest BCUT2D eigenvalue weighted by Crippen LogP contribution is 2.40. The van der Waals surface area contributed by atoms with Crippen LogP contribution in [-0.2, 0) is 0 Å². The van der Waals surface area contributed by atoms with Crippen LogP contribution in [0.1, 0.15) is 54.9 Å². The van der Waals surface area contributed by atoms with Crippen molar-refractivity contribution in [3.05, 3.63) is 22.8 Å². The van der Waals surface area contributed by atoms with Gasteiger partial charge < -0.3 is 0 Å². The lowest BCUT2D eigenvalue weighted by Crippen LogP contribution is -2.23. The summed E-state index contributed by atoms with van der Waals surface area (Å²) in [7, 11) is 0. The molecular weight excluding hydrogens is 180 g/mol. The number of allylic oxidation sites excluding steroid dienone is 4. The van der Waals surface area contributed by atoms with Crippen LogP contribution >= 0.6 is 0 Å². The normalized spacial score (nSPS) is 23.5. The van der Waals surface area contributed by atoms with Crippen molar-refractivity contribution in [3.63, 3.8) is 0 Å². The molecule has 0 fully saturated rings. The average Bonchev–Trinajstić information content (AvgIpc) is 2.06. The van der Waals surface area contributed by atoms with Crippen LogP contribution in [0.4, 0.5) is 0 Å². The van der Waals surface area contributed by atoms with Crippen molar-refractivity contribution in [1.29, 1.82) is 0 Å². The van der Waals surface area contributed by atoms with E-state index in [1.807, 2.05) is 0 Å². The zero-order valence-electron chi connectivity index (χ0n) is 11.4. The van der Waals surface area contributed by atoms with E-state index >= 15 is 0 Å². The summed E-state index contributed by atoms with van der Waals surface area (Å²) in [6, 6.07) is 0. The van der Waals surface area contributed by atoms with E-state index in [1.54, 1.807) is 11.1 Å². The molecule has 0 radical (unpaired) electrons. The zero-order valence-corrected chi connectivity index (χ0v) is 11.4. The molecule has 0 heteroatoms. The molecule has 0 nitrogen and oxygen atoms in total. The zero-order chi connectivity index (χ0) is 11.8. The number of hydrogen-bond acceptors (Lipinski definition) is 0. The molecule has 0 aromatic rings. The minimum absolute atomic E-state index is 0.391. The molecule has 0 N–H and O–H groups in total. The van der Waals surface area contributed by atoms with Gasteiger partial charge in [-0.1, -0.05) is 46.3 Å². The molecule has 86 valence electrons. The van der Waals surface area contributed by atoms with E-state index in [-0.39, 0.29) is 0 Å². The van der Waals surface area contributed by atoms with Crippen LogP contribution in [0.15, 0.2) is 22.8 Å². The molecule has 1 aliphatic rings. The van der Waals surface area contributed by atoms with E-state index < -0.39 is 0 Å². The van der Waals surface area contributed by atoms with Crippen molar-refractivity contribution in [2.45, 2.75) is 54.9 Å². The first-order chi connectivity index (χ1) is 6.73. The molecule has 0 aromatic heterocycles. The number of hydrogen-bond donors (Lipinski definition) is 0. The van der Waals surface area contributed by atoms with Gasteiger partial charge in [0.15, 0.2) is 0 Å². The Morgan fingerprint density at radius 3 is 2.13 bits per heavy atom. The molecule has 0 amide bonds. The SMILES string of the molecule is CC1=C(C)C(C(C)C)=CC(C(C)(C)C)C1. The summed E-state index contributed by atoms with van der Waals surface area (Å²) in [6.07, 6.45) is 3.76. The topological polar surface area (TPSA) is 0 Å². The molecule has 1 atom stereocenters. The van der Waals surface area contributed by atoms with Crippen molar-refractivity contribution >= 4 is 0 Å². The quantitative estimate of drug-likeness (QED) is 0.568. The van der Waals surface area contributed by atoms with Crippen molar-refractivity contribution in [2.75, 3.05) is 0 Å². The third-order valence-corrected chi connectivity index (χ3v) is 3.71. The Morgan fingerprint density at radius 1 is 1.20 bits per heavy atom. The maximum atomic E-state index is 2.52. The van der Waals surface area contributed by atoms with Crippen LogP contribution in [-0.4, -0.2) is 0 Å². The summed E-state index contributed by atoms with van der Waals surface area (Å²) < 4.78 is 0. The third kappa shape index (κ3) is 2.74. The number of rotatable bonds is 1. The molecule has 0 bridgehead atoms. The lowest BCUT2D eigenvalue weighted by molar-refractivity contribution is 0.285. The first-order valence-electron chi connectivity index (χ1n) is 6.12. The molecule has 0 saturated heterocycles. The van der Waals surface area contributed by atoms with Crippen molar-refractivity contribution in [3.8, 4) is 0 Å². The summed E-state index contributed by atoms with van der Waals surface area (Å²) in [4.78, 5) is 0. The summed E-state index contributed by atoms with van der Waals surface area (Å²) in [6.45, 7) is 16.2. The van der Waals surface area contributed by atoms with Crippen molar-refractivity contribution in [1.82, 2.24) is 0 Å². The molecule has 1 unspecified atom stereocenters. The van der Waals surface area contributed by atoms with Crippen molar-refractivity contribution in [2.24, 2.45) is 17.3 Å². The Kier molecular flexibility index (Phi) is 3.48. The molecule has 0 heterocycles. The van der Waals surface area contributed by atoms with E-state index in [4.69, 9.17) is 0 Å². The highest BCUT2D eigenvalue weighted by Gasteiger charge is 2.27. The Labute approximate surface area is 95.5 Å². The maximum absolute atomic E-state index is 2.52. The van der Waals surface area contributed by atoms with Gasteiger partial charge in [-0.3, -0.25) is 0 Å². The van der Waals surface area contributed by atoms with Crippen LogP contribution in [0.3, 0.4) is 0 Å². The van der Waals surface area contributed by atoms with Gasteiger partial charge in [0, 0.05) is 0 Å². The second-order valence-electron chi connectivity index (χ2n) is 6.36. The van der Waals surface area contributed by atoms with Crippen molar-refractivity contribution < 1.29 is 0 Å². The second kappa shape index (κ2) is 4.15. The molecule has 1 aliphatic carbocycles. The Bertz CT molecular complexity index is 294. The standard InChI is InChI=1S/C15H26/c1-10(2)14-9-13(15(5,6)7)8-11(3)12(14)4/h9-10,13H,8H2,1-7H3. The first-order valence-corrected chi connectivity index (χ1v) is 6.12. The predicted molar refractivity (Wildman–Crippen MR) is 68.9 cm³/mol. The molecular formula is C15H26. The van der Waals surface area contributed by atoms with Gasteiger partial charge in [-0.25, -0.2) is 0 Å². The van der Waals surface area contributed by atoms with Crippen LogP contribution in [0.2, 0.25) is 0 Å². The van der Waals surface area contributed by atoms with E-state index in [0.717, 1.165) is 0 Å². The lowest BCUT2D eigenvalue weighted by atomic mass is 9.71. The first kappa shape index (κ1) is 12.5. The monoisotopic (exact) mass is 206 g/mol. The van der Waals surface area contributed by atoms with Gasteiger partial charge >= 0.3 is 0 Å². The van der Waals surface area contributed by atoms with E-state index in [9.17, 15) is 0 Å². The van der Waals surface area contributed by atoms with Gasteiger partial charge in [-0.05, 0) is 48.7 Å². The predicted octanol–water partition coefficient (Wildman–Crippen LogP) is 4.97. The van der Waals surface area contributed by atoms with Crippen LogP contribution in [0, 0.1) is 17.3 Å². The van der Waals surface area contributed by atoms with E-state index in [1.165, 1.54) is 12.0 Å². The van der Waals surface area contributed by atoms with Gasteiger partial charge in [0.25, 0.3) is 0 Å². The molecule has 0 aliphatic heterocycles. The Balaban J connectivity index is 3.05. The van der Waals surface area contributed by atoms with Crippen LogP contribution in [0.5, 0.6) is 0 Å². The average molecular weight is 206 g/mol. The molecule has 0 spiro atoms. The highest BCUT2D eigenvalue weighted by molar-refractivity contribution is 5.38. The van der Waals surface area contributed by atoms with Gasteiger partial charge in [0.1, 0.15) is 0 Å². The van der Waals surface area contributed by atoms with Crippen LogP contribution in [0.25, 0.3) is 0 Å². The fourth-order valence-electron chi connectivity index (χ4n) is 2.31. The minimum atomic E-state index is 0.391. The summed E-state index contributed by atoms with van der Waals surface area (Å²) in [5.74, 6) is 1.36. The smallest absolute Gasteiger partial charge is 0.0141 e. The summed E-state index contributed by atoms with van der Waals surface area (Å²) >= 11 is 0. The largest absolute Gasteiger partial charge is 0.0768 e. The Hall–Kier alpha value is -0.520. The fraction of sp³-hybridized carbons (Fsp3) is 0.733. The van der Waals surface area contributed by atoms with E-state index in [2.05, 4.69) is 54.5 Å². The molecule has 0 aromatic carbocycles. The van der Waals surface area contributed by atoms with Gasteiger partial charge in [0.2, 0.25) is 0 Å². The second-order valence-corrected chi connectivity index (χ2v) is 6.36. The molecule has 0 saturated carbocycles. The fourth-order valence-corrected chi connectivity index (χ4v) is 2.31. The lowest BCUT2D eigenvalue weighted by Gasteiger charge is -2.34. The summed E-state index contributed by atoms with van der Waals surface area (Å²) in [5.41, 5.74) is 5.08. The highest BCUT2D eigenvalue weighted by atomic mass is 14.3.